The minimum Gasteiger partial charge on any atom is -0.454 e. The molecule has 2 unspecified atom stereocenters. The van der Waals surface area contributed by atoms with Gasteiger partial charge in [-0.3, -0.25) is 4.79 Å². The first-order chi connectivity index (χ1) is 8.98. The maximum Gasteiger partial charge on any atom is 0.311 e. The quantitative estimate of drug-likeness (QED) is 0.866. The molecule has 1 aliphatic rings. The summed E-state index contributed by atoms with van der Waals surface area (Å²) in [5, 5.41) is 6.22. The fourth-order valence-corrected chi connectivity index (χ4v) is 2.91. The molecule has 0 amide bonds. The van der Waals surface area contributed by atoms with Crippen LogP contribution in [0.2, 0.25) is 0 Å². The maximum absolute atomic E-state index is 12.1. The molecule has 1 saturated heterocycles. The first kappa shape index (κ1) is 14.5. The van der Waals surface area contributed by atoms with Gasteiger partial charge >= 0.3 is 5.97 Å². The second-order valence-electron chi connectivity index (χ2n) is 6.05. The lowest BCUT2D eigenvalue weighted by atomic mass is 9.92. The van der Waals surface area contributed by atoms with Gasteiger partial charge in [-0.25, -0.2) is 4.98 Å². The van der Waals surface area contributed by atoms with Crippen LogP contribution in [0.15, 0.2) is 11.6 Å². The molecule has 2 rings (SSSR count). The molecule has 5 heteroatoms. The molecule has 106 valence electrons. The smallest absolute Gasteiger partial charge is 0.311 e. The molecule has 1 N–H and O–H groups in total. The Balaban J connectivity index is 2.13. The Labute approximate surface area is 118 Å². The Morgan fingerprint density at radius 1 is 1.58 bits per heavy atom. The van der Waals surface area contributed by atoms with Crippen LogP contribution in [-0.4, -0.2) is 24.0 Å². The Morgan fingerprint density at radius 2 is 2.37 bits per heavy atom. The average Bonchev–Trinajstić information content (AvgIpc) is 2.89. The Morgan fingerprint density at radius 3 is 2.89 bits per heavy atom. The predicted molar refractivity (Wildman–Crippen MR) is 76.0 cm³/mol. The summed E-state index contributed by atoms with van der Waals surface area (Å²) in [6, 6.07) is 0. The zero-order valence-corrected chi connectivity index (χ0v) is 12.6. The number of carbonyl (C=O) groups is 1. The molecule has 0 radical (unpaired) electrons. The van der Waals surface area contributed by atoms with Crippen molar-refractivity contribution < 1.29 is 9.53 Å². The van der Waals surface area contributed by atoms with Crippen LogP contribution in [0.4, 0.5) is 0 Å². The van der Waals surface area contributed by atoms with Crippen molar-refractivity contribution in [1.29, 1.82) is 0 Å². The number of aromatic nitrogens is 1. The third kappa shape index (κ3) is 3.76. The number of piperidine rings is 1. The molecule has 19 heavy (non-hydrogen) atoms. The van der Waals surface area contributed by atoms with Crippen molar-refractivity contribution in [2.24, 2.45) is 11.3 Å². The number of hydrogen-bond acceptors (Lipinski definition) is 5. The normalized spacial score (nSPS) is 21.9. The van der Waals surface area contributed by atoms with Crippen LogP contribution in [0.1, 0.15) is 44.7 Å². The zero-order valence-electron chi connectivity index (χ0n) is 11.8. The van der Waals surface area contributed by atoms with Gasteiger partial charge in [-0.1, -0.05) is 0 Å². The van der Waals surface area contributed by atoms with Crippen molar-refractivity contribution in [3.8, 4) is 0 Å². The number of carbonyl (C=O) groups excluding carboxylic acids is 1. The van der Waals surface area contributed by atoms with E-state index in [1.54, 1.807) is 17.5 Å². The summed E-state index contributed by atoms with van der Waals surface area (Å²) < 4.78 is 5.77. The molecule has 0 bridgehead atoms. The zero-order chi connectivity index (χ0) is 13.9. The van der Waals surface area contributed by atoms with E-state index in [1.807, 2.05) is 26.2 Å². The summed E-state index contributed by atoms with van der Waals surface area (Å²) in [5.41, 5.74) is -0.475. The van der Waals surface area contributed by atoms with E-state index >= 15 is 0 Å². The second-order valence-corrected chi connectivity index (χ2v) is 6.98. The molecule has 0 aromatic carbocycles. The van der Waals surface area contributed by atoms with E-state index in [-0.39, 0.29) is 12.1 Å². The highest BCUT2D eigenvalue weighted by molar-refractivity contribution is 7.09. The van der Waals surface area contributed by atoms with Crippen LogP contribution in [0.25, 0.3) is 0 Å². The van der Waals surface area contributed by atoms with Crippen LogP contribution < -0.4 is 5.32 Å². The summed E-state index contributed by atoms with van der Waals surface area (Å²) in [4.78, 5) is 16.5. The molecule has 1 aliphatic heterocycles. The Hall–Kier alpha value is -0.940. The van der Waals surface area contributed by atoms with Gasteiger partial charge in [0, 0.05) is 24.0 Å². The number of thiazole rings is 1. The first-order valence-corrected chi connectivity index (χ1v) is 7.67. The summed E-state index contributed by atoms with van der Waals surface area (Å²) in [6.45, 7) is 7.59. The van der Waals surface area contributed by atoms with Gasteiger partial charge in [-0.15, -0.1) is 11.3 Å². The monoisotopic (exact) mass is 282 g/mol. The molecule has 0 aliphatic carbocycles. The van der Waals surface area contributed by atoms with Gasteiger partial charge in [0.25, 0.3) is 0 Å². The van der Waals surface area contributed by atoms with Crippen molar-refractivity contribution in [3.05, 3.63) is 16.6 Å². The summed E-state index contributed by atoms with van der Waals surface area (Å²) in [6.07, 6.45) is 3.77. The van der Waals surface area contributed by atoms with E-state index in [1.165, 1.54) is 0 Å². The predicted octanol–water partition coefficient (Wildman–Crippen LogP) is 2.77. The van der Waals surface area contributed by atoms with Crippen molar-refractivity contribution >= 4 is 17.3 Å². The molecule has 0 spiro atoms. The third-order valence-corrected chi connectivity index (χ3v) is 4.14. The summed E-state index contributed by atoms with van der Waals surface area (Å²) >= 11 is 1.56. The van der Waals surface area contributed by atoms with Gasteiger partial charge in [0.15, 0.2) is 6.10 Å². The van der Waals surface area contributed by atoms with Crippen molar-refractivity contribution in [2.75, 3.05) is 13.1 Å². The minimum atomic E-state index is -0.475. The van der Waals surface area contributed by atoms with E-state index in [9.17, 15) is 4.79 Å². The standard InChI is InChI=1S/C14H22N2O2S/c1-14(2,3)13(17)18-11(12-16-7-8-19-12)10-5-4-6-15-9-10/h7-8,10-11,15H,4-6,9H2,1-3H3. The largest absolute Gasteiger partial charge is 0.454 e. The number of ether oxygens (including phenoxy) is 1. The molecular formula is C14H22N2O2S. The highest BCUT2D eigenvalue weighted by Gasteiger charge is 2.33. The lowest BCUT2D eigenvalue weighted by Crippen LogP contribution is -2.36. The molecule has 1 fully saturated rings. The first-order valence-electron chi connectivity index (χ1n) is 6.79. The van der Waals surface area contributed by atoms with Crippen LogP contribution >= 0.6 is 11.3 Å². The number of rotatable bonds is 3. The highest BCUT2D eigenvalue weighted by Crippen LogP contribution is 2.34. The molecule has 1 aromatic rings. The average molecular weight is 282 g/mol. The van der Waals surface area contributed by atoms with Crippen molar-refractivity contribution in [3.63, 3.8) is 0 Å². The summed E-state index contributed by atoms with van der Waals surface area (Å²) in [5.74, 6) is 0.171. The van der Waals surface area contributed by atoms with E-state index in [2.05, 4.69) is 10.3 Å². The van der Waals surface area contributed by atoms with Crippen LogP contribution in [0.3, 0.4) is 0 Å². The van der Waals surface area contributed by atoms with E-state index in [0.29, 0.717) is 5.92 Å². The number of esters is 1. The topological polar surface area (TPSA) is 51.2 Å². The molecule has 1 aromatic heterocycles. The third-order valence-electron chi connectivity index (χ3n) is 3.30. The number of nitrogens with zero attached hydrogens (tertiary/aromatic N) is 1. The Kier molecular flexibility index (Phi) is 4.58. The van der Waals surface area contributed by atoms with E-state index < -0.39 is 5.41 Å². The lowest BCUT2D eigenvalue weighted by Gasteiger charge is -2.31. The van der Waals surface area contributed by atoms with Gasteiger partial charge in [-0.05, 0) is 40.2 Å². The molecule has 2 atom stereocenters. The van der Waals surface area contributed by atoms with Crippen molar-refractivity contribution in [2.45, 2.75) is 39.7 Å². The SMILES string of the molecule is CC(C)(C)C(=O)OC(c1nccs1)C1CCCNC1. The molecule has 0 saturated carbocycles. The minimum absolute atomic E-state index is 0.154. The number of hydrogen-bond donors (Lipinski definition) is 1. The van der Waals surface area contributed by atoms with Crippen LogP contribution in [0.5, 0.6) is 0 Å². The van der Waals surface area contributed by atoms with Gasteiger partial charge in [0.05, 0.1) is 5.41 Å². The fourth-order valence-electron chi connectivity index (χ4n) is 2.15. The Bertz CT molecular complexity index is 406. The van der Waals surface area contributed by atoms with Crippen molar-refractivity contribution in [1.82, 2.24) is 10.3 Å². The fraction of sp³-hybridized carbons (Fsp3) is 0.714. The highest BCUT2D eigenvalue weighted by atomic mass is 32.1. The van der Waals surface area contributed by atoms with E-state index in [4.69, 9.17) is 4.74 Å². The molecular weight excluding hydrogens is 260 g/mol. The van der Waals surface area contributed by atoms with Gasteiger partial charge in [0.1, 0.15) is 5.01 Å². The van der Waals surface area contributed by atoms with E-state index in [0.717, 1.165) is 30.9 Å². The number of nitrogens with one attached hydrogen (secondary N) is 1. The lowest BCUT2D eigenvalue weighted by molar-refractivity contribution is -0.162. The molecule has 2 heterocycles. The van der Waals surface area contributed by atoms with Gasteiger partial charge in [-0.2, -0.15) is 0 Å². The van der Waals surface area contributed by atoms with Crippen LogP contribution in [-0.2, 0) is 9.53 Å². The van der Waals surface area contributed by atoms with Crippen LogP contribution in [0, 0.1) is 11.3 Å². The molecule has 4 nitrogen and oxygen atoms in total. The maximum atomic E-state index is 12.1. The van der Waals surface area contributed by atoms with Gasteiger partial charge in [0.2, 0.25) is 0 Å². The second kappa shape index (κ2) is 6.01. The van der Waals surface area contributed by atoms with Gasteiger partial charge < -0.3 is 10.1 Å². The summed E-state index contributed by atoms with van der Waals surface area (Å²) in [7, 11) is 0.